The first-order chi connectivity index (χ1) is 7.63. The molecule has 1 rings (SSSR count). The molecule has 1 amide bonds. The number of nitrogens with zero attached hydrogens (tertiary/aromatic N) is 1. The van der Waals surface area contributed by atoms with Gasteiger partial charge < -0.3 is 10.7 Å². The monoisotopic (exact) mass is 242 g/mol. The third-order valence-corrected chi connectivity index (χ3v) is 2.63. The summed E-state index contributed by atoms with van der Waals surface area (Å²) in [6.45, 7) is 0.388. The second-order valence-corrected chi connectivity index (χ2v) is 4.66. The Morgan fingerprint density at radius 3 is 2.81 bits per heavy atom. The Hall–Kier alpha value is -1.47. The lowest BCUT2D eigenvalue weighted by atomic mass is 10.2. The lowest BCUT2D eigenvalue weighted by Gasteiger charge is -2.04. The van der Waals surface area contributed by atoms with Gasteiger partial charge in [-0.2, -0.15) is 0 Å². The average Bonchev–Trinajstić information content (AvgIpc) is 2.28. The van der Waals surface area contributed by atoms with Crippen molar-refractivity contribution in [1.29, 1.82) is 0 Å². The second-order valence-electron chi connectivity index (χ2n) is 3.11. The Morgan fingerprint density at radius 1 is 1.56 bits per heavy atom. The van der Waals surface area contributed by atoms with E-state index in [-0.39, 0.29) is 5.91 Å². The molecule has 88 valence electrons. The molecule has 0 saturated carbocycles. The van der Waals surface area contributed by atoms with E-state index in [9.17, 15) is 9.00 Å². The van der Waals surface area contributed by atoms with Crippen molar-refractivity contribution >= 4 is 22.5 Å². The SMILES string of the molecule is CS(=O)CCNC(=O)c1ccc(NN)nc1. The van der Waals surface area contributed by atoms with E-state index in [1.54, 1.807) is 18.4 Å². The fourth-order valence-electron chi connectivity index (χ4n) is 1.02. The number of aromatic nitrogens is 1. The minimum Gasteiger partial charge on any atom is -0.351 e. The minimum absolute atomic E-state index is 0.235. The first-order valence-electron chi connectivity index (χ1n) is 4.64. The van der Waals surface area contributed by atoms with E-state index in [1.807, 2.05) is 0 Å². The van der Waals surface area contributed by atoms with E-state index in [4.69, 9.17) is 5.84 Å². The fraction of sp³-hybridized carbons (Fsp3) is 0.333. The Morgan fingerprint density at radius 2 is 2.31 bits per heavy atom. The van der Waals surface area contributed by atoms with Gasteiger partial charge in [0.1, 0.15) is 5.82 Å². The van der Waals surface area contributed by atoms with Crippen molar-refractivity contribution in [2.24, 2.45) is 5.84 Å². The van der Waals surface area contributed by atoms with Crippen molar-refractivity contribution in [2.75, 3.05) is 24.0 Å². The van der Waals surface area contributed by atoms with Crippen LogP contribution in [-0.4, -0.2) is 33.7 Å². The van der Waals surface area contributed by atoms with Crippen LogP contribution in [0.25, 0.3) is 0 Å². The van der Waals surface area contributed by atoms with Gasteiger partial charge in [0.05, 0.1) is 5.56 Å². The van der Waals surface area contributed by atoms with Gasteiger partial charge >= 0.3 is 0 Å². The fourth-order valence-corrected chi connectivity index (χ4v) is 1.41. The number of nitrogens with one attached hydrogen (secondary N) is 2. The van der Waals surface area contributed by atoms with Gasteiger partial charge in [0, 0.05) is 35.5 Å². The molecule has 0 spiro atoms. The van der Waals surface area contributed by atoms with Crippen molar-refractivity contribution in [3.63, 3.8) is 0 Å². The number of hydrogen-bond donors (Lipinski definition) is 3. The van der Waals surface area contributed by atoms with E-state index in [2.05, 4.69) is 15.7 Å². The van der Waals surface area contributed by atoms with Crippen LogP contribution in [0.2, 0.25) is 0 Å². The van der Waals surface area contributed by atoms with E-state index < -0.39 is 10.8 Å². The van der Waals surface area contributed by atoms with E-state index >= 15 is 0 Å². The molecule has 0 radical (unpaired) electrons. The number of hydrazine groups is 1. The highest BCUT2D eigenvalue weighted by atomic mass is 32.2. The molecule has 1 heterocycles. The number of carbonyl (C=O) groups excluding carboxylic acids is 1. The first-order valence-corrected chi connectivity index (χ1v) is 6.37. The molecule has 0 saturated heterocycles. The Kier molecular flexibility index (Phi) is 4.87. The molecule has 0 aliphatic rings. The topological polar surface area (TPSA) is 97.1 Å². The van der Waals surface area contributed by atoms with Gasteiger partial charge in [-0.1, -0.05) is 0 Å². The quantitative estimate of drug-likeness (QED) is 0.476. The van der Waals surface area contributed by atoms with Crippen LogP contribution in [0.3, 0.4) is 0 Å². The smallest absolute Gasteiger partial charge is 0.252 e. The maximum Gasteiger partial charge on any atom is 0.252 e. The highest BCUT2D eigenvalue weighted by molar-refractivity contribution is 7.84. The molecule has 1 aromatic heterocycles. The Bertz CT molecular complexity index is 380. The van der Waals surface area contributed by atoms with E-state index in [0.29, 0.717) is 23.7 Å². The molecule has 1 unspecified atom stereocenters. The van der Waals surface area contributed by atoms with Crippen LogP contribution in [0.4, 0.5) is 5.82 Å². The van der Waals surface area contributed by atoms with Gasteiger partial charge in [-0.3, -0.25) is 9.00 Å². The van der Waals surface area contributed by atoms with Crippen LogP contribution in [0.1, 0.15) is 10.4 Å². The molecule has 1 atom stereocenters. The minimum atomic E-state index is -0.900. The van der Waals surface area contributed by atoms with Crippen LogP contribution in [0.15, 0.2) is 18.3 Å². The molecule has 0 fully saturated rings. The standard InChI is InChI=1S/C9H14N4O2S/c1-16(15)5-4-11-9(14)7-2-3-8(13-10)12-6-7/h2-3,6H,4-5,10H2,1H3,(H,11,14)(H,12,13). The number of pyridine rings is 1. The highest BCUT2D eigenvalue weighted by Gasteiger charge is 2.05. The maximum absolute atomic E-state index is 11.5. The van der Waals surface area contributed by atoms with Gasteiger partial charge in [0.25, 0.3) is 5.91 Å². The zero-order valence-corrected chi connectivity index (χ0v) is 9.71. The lowest BCUT2D eigenvalue weighted by molar-refractivity contribution is 0.0956. The van der Waals surface area contributed by atoms with Gasteiger partial charge in [-0.15, -0.1) is 0 Å². The van der Waals surface area contributed by atoms with E-state index in [1.165, 1.54) is 6.20 Å². The number of nitrogens with two attached hydrogens (primary N) is 1. The number of rotatable bonds is 5. The summed E-state index contributed by atoms with van der Waals surface area (Å²) in [5.74, 6) is 5.85. The molecule has 1 aromatic rings. The summed E-state index contributed by atoms with van der Waals surface area (Å²) in [6, 6.07) is 3.22. The normalized spacial score (nSPS) is 11.9. The van der Waals surface area contributed by atoms with E-state index in [0.717, 1.165) is 0 Å². The Labute approximate surface area is 96.1 Å². The van der Waals surface area contributed by atoms with Crippen molar-refractivity contribution in [3.8, 4) is 0 Å². The molecule has 0 aliphatic heterocycles. The molecule has 16 heavy (non-hydrogen) atoms. The summed E-state index contributed by atoms with van der Waals surface area (Å²) in [6.07, 6.45) is 3.02. The molecule has 0 aliphatic carbocycles. The summed E-state index contributed by atoms with van der Waals surface area (Å²) in [4.78, 5) is 15.4. The highest BCUT2D eigenvalue weighted by Crippen LogP contribution is 2.02. The Balaban J connectivity index is 2.49. The zero-order chi connectivity index (χ0) is 12.0. The number of nitrogen functional groups attached to an aromatic ring is 1. The predicted molar refractivity (Wildman–Crippen MR) is 63.3 cm³/mol. The molecule has 7 heteroatoms. The molecule has 4 N–H and O–H groups in total. The maximum atomic E-state index is 11.5. The lowest BCUT2D eigenvalue weighted by Crippen LogP contribution is -2.27. The van der Waals surface area contributed by atoms with Gasteiger partial charge in [0.15, 0.2) is 0 Å². The average molecular weight is 242 g/mol. The molecule has 6 nitrogen and oxygen atoms in total. The summed E-state index contributed by atoms with van der Waals surface area (Å²) in [7, 11) is -0.900. The van der Waals surface area contributed by atoms with Crippen LogP contribution in [0.5, 0.6) is 0 Å². The summed E-state index contributed by atoms with van der Waals surface area (Å²) in [5.41, 5.74) is 2.81. The zero-order valence-electron chi connectivity index (χ0n) is 8.90. The summed E-state index contributed by atoms with van der Waals surface area (Å²) in [5, 5.41) is 2.64. The van der Waals surface area contributed by atoms with Crippen molar-refractivity contribution in [2.45, 2.75) is 0 Å². The first kappa shape index (κ1) is 12.6. The van der Waals surface area contributed by atoms with Crippen LogP contribution < -0.4 is 16.6 Å². The third kappa shape index (κ3) is 3.95. The van der Waals surface area contributed by atoms with Gasteiger partial charge in [0.2, 0.25) is 0 Å². The number of anilines is 1. The molecular formula is C9H14N4O2S. The van der Waals surface area contributed by atoms with Gasteiger partial charge in [-0.05, 0) is 12.1 Å². The molecule has 0 aromatic carbocycles. The number of hydrogen-bond acceptors (Lipinski definition) is 5. The number of carbonyl (C=O) groups is 1. The van der Waals surface area contributed by atoms with Crippen LogP contribution in [0, 0.1) is 0 Å². The van der Waals surface area contributed by atoms with Crippen LogP contribution >= 0.6 is 0 Å². The van der Waals surface area contributed by atoms with Crippen molar-refractivity contribution in [1.82, 2.24) is 10.3 Å². The summed E-state index contributed by atoms with van der Waals surface area (Å²) >= 11 is 0. The van der Waals surface area contributed by atoms with Crippen molar-refractivity contribution in [3.05, 3.63) is 23.9 Å². The largest absolute Gasteiger partial charge is 0.351 e. The number of amides is 1. The molecule has 0 bridgehead atoms. The third-order valence-electron chi connectivity index (χ3n) is 1.85. The van der Waals surface area contributed by atoms with Crippen LogP contribution in [-0.2, 0) is 10.8 Å². The predicted octanol–water partition coefficient (Wildman–Crippen LogP) is -0.524. The second kappa shape index (κ2) is 6.19. The summed E-state index contributed by atoms with van der Waals surface area (Å²) < 4.78 is 10.8. The van der Waals surface area contributed by atoms with Crippen molar-refractivity contribution < 1.29 is 9.00 Å². The van der Waals surface area contributed by atoms with Gasteiger partial charge in [-0.25, -0.2) is 10.8 Å². The molecular weight excluding hydrogens is 228 g/mol.